The van der Waals surface area contributed by atoms with Crippen molar-refractivity contribution in [3.63, 3.8) is 0 Å². The van der Waals surface area contributed by atoms with Gasteiger partial charge in [-0.05, 0) is 37.0 Å². The summed E-state index contributed by atoms with van der Waals surface area (Å²) in [7, 11) is 0. The minimum atomic E-state index is 0.402. The zero-order valence-electron chi connectivity index (χ0n) is 11.5. The molecule has 2 aromatic carbocycles. The molecular weight excluding hydrogens is 246 g/mol. The van der Waals surface area contributed by atoms with E-state index in [1.54, 1.807) is 0 Å². The van der Waals surface area contributed by atoms with Crippen LogP contribution in [0.4, 0.5) is 5.69 Å². The Labute approximate surface area is 118 Å². The fourth-order valence-electron chi connectivity index (χ4n) is 3.15. The summed E-state index contributed by atoms with van der Waals surface area (Å²) in [5.74, 6) is 0. The average molecular weight is 263 g/mol. The van der Waals surface area contributed by atoms with E-state index in [-0.39, 0.29) is 0 Å². The molecule has 0 saturated heterocycles. The van der Waals surface area contributed by atoms with Crippen LogP contribution >= 0.6 is 0 Å². The number of hydrogen-bond donors (Lipinski definition) is 2. The highest BCUT2D eigenvalue weighted by Gasteiger charge is 2.22. The first-order valence-electron chi connectivity index (χ1n) is 7.09. The van der Waals surface area contributed by atoms with Gasteiger partial charge in [0.05, 0.1) is 23.4 Å². The van der Waals surface area contributed by atoms with E-state index >= 15 is 0 Å². The van der Waals surface area contributed by atoms with Crippen LogP contribution in [0.2, 0.25) is 0 Å². The lowest BCUT2D eigenvalue weighted by atomic mass is 10.0. The van der Waals surface area contributed by atoms with Gasteiger partial charge in [0, 0.05) is 5.39 Å². The molecule has 0 radical (unpaired) electrons. The van der Waals surface area contributed by atoms with Gasteiger partial charge in [0.25, 0.3) is 0 Å². The second-order valence-corrected chi connectivity index (χ2v) is 5.58. The number of H-pyrrole nitrogens is 1. The van der Waals surface area contributed by atoms with Crippen LogP contribution in [0.5, 0.6) is 0 Å². The highest BCUT2D eigenvalue weighted by molar-refractivity contribution is 5.90. The van der Waals surface area contributed by atoms with Gasteiger partial charge < -0.3 is 5.32 Å². The SMILES string of the molecule is Cc1ccc2c(c1)C(Nc1cccc3cn[nH]c13)CC2. The van der Waals surface area contributed by atoms with E-state index in [4.69, 9.17) is 0 Å². The van der Waals surface area contributed by atoms with Gasteiger partial charge in [-0.15, -0.1) is 0 Å². The lowest BCUT2D eigenvalue weighted by molar-refractivity contribution is 0.762. The van der Waals surface area contributed by atoms with Crippen molar-refractivity contribution in [2.45, 2.75) is 25.8 Å². The van der Waals surface area contributed by atoms with Gasteiger partial charge in [0.1, 0.15) is 0 Å². The minimum Gasteiger partial charge on any atom is -0.376 e. The molecule has 0 fully saturated rings. The van der Waals surface area contributed by atoms with E-state index in [9.17, 15) is 0 Å². The maximum atomic E-state index is 4.13. The Morgan fingerprint density at radius 1 is 1.25 bits per heavy atom. The van der Waals surface area contributed by atoms with Crippen molar-refractivity contribution in [2.75, 3.05) is 5.32 Å². The number of aromatic amines is 1. The second-order valence-electron chi connectivity index (χ2n) is 5.58. The number of anilines is 1. The molecule has 1 aliphatic carbocycles. The topological polar surface area (TPSA) is 40.7 Å². The summed E-state index contributed by atoms with van der Waals surface area (Å²) in [6.45, 7) is 2.16. The Morgan fingerprint density at radius 3 is 3.15 bits per heavy atom. The molecule has 3 nitrogen and oxygen atoms in total. The molecule has 1 aliphatic rings. The normalized spacial score (nSPS) is 17.4. The molecule has 0 bridgehead atoms. The number of fused-ring (bicyclic) bond motifs is 2. The number of para-hydroxylation sites is 1. The van der Waals surface area contributed by atoms with Crippen molar-refractivity contribution in [3.05, 3.63) is 59.3 Å². The van der Waals surface area contributed by atoms with Crippen LogP contribution in [0.15, 0.2) is 42.6 Å². The summed E-state index contributed by atoms with van der Waals surface area (Å²) in [6, 6.07) is 13.5. The van der Waals surface area contributed by atoms with Gasteiger partial charge >= 0.3 is 0 Å². The van der Waals surface area contributed by atoms with Crippen molar-refractivity contribution >= 4 is 16.6 Å². The largest absolute Gasteiger partial charge is 0.376 e. The first-order chi connectivity index (χ1) is 9.81. The molecule has 20 heavy (non-hydrogen) atoms. The number of aromatic nitrogens is 2. The Bertz CT molecular complexity index is 773. The molecule has 1 atom stereocenters. The molecule has 1 heterocycles. The monoisotopic (exact) mass is 263 g/mol. The second kappa shape index (κ2) is 4.37. The van der Waals surface area contributed by atoms with Gasteiger partial charge in [0.15, 0.2) is 0 Å². The number of nitrogens with zero attached hydrogens (tertiary/aromatic N) is 1. The molecule has 4 rings (SSSR count). The van der Waals surface area contributed by atoms with Crippen molar-refractivity contribution < 1.29 is 0 Å². The number of rotatable bonds is 2. The van der Waals surface area contributed by atoms with Crippen LogP contribution in [0.1, 0.15) is 29.2 Å². The molecule has 1 aromatic heterocycles. The van der Waals surface area contributed by atoms with Crippen LogP contribution in [0, 0.1) is 6.92 Å². The highest BCUT2D eigenvalue weighted by atomic mass is 15.1. The predicted molar refractivity (Wildman–Crippen MR) is 82.0 cm³/mol. The lowest BCUT2D eigenvalue weighted by Crippen LogP contribution is -2.07. The molecular formula is C17H17N3. The molecule has 1 unspecified atom stereocenters. The Balaban J connectivity index is 1.71. The highest BCUT2D eigenvalue weighted by Crippen LogP contribution is 2.35. The maximum absolute atomic E-state index is 4.13. The fourth-order valence-corrected chi connectivity index (χ4v) is 3.15. The van der Waals surface area contributed by atoms with E-state index in [0.717, 1.165) is 29.4 Å². The quantitative estimate of drug-likeness (QED) is 0.734. The van der Waals surface area contributed by atoms with Crippen LogP contribution < -0.4 is 5.32 Å². The van der Waals surface area contributed by atoms with Gasteiger partial charge in [0.2, 0.25) is 0 Å². The van der Waals surface area contributed by atoms with Gasteiger partial charge in [-0.25, -0.2) is 0 Å². The van der Waals surface area contributed by atoms with Crippen molar-refractivity contribution in [1.82, 2.24) is 10.2 Å². The average Bonchev–Trinajstić information content (AvgIpc) is 3.06. The van der Waals surface area contributed by atoms with Gasteiger partial charge in [-0.1, -0.05) is 35.9 Å². The zero-order valence-corrected chi connectivity index (χ0v) is 11.5. The van der Waals surface area contributed by atoms with Crippen LogP contribution in [0.3, 0.4) is 0 Å². The van der Waals surface area contributed by atoms with Crippen LogP contribution in [0.25, 0.3) is 10.9 Å². The van der Waals surface area contributed by atoms with Crippen LogP contribution in [-0.4, -0.2) is 10.2 Å². The number of nitrogens with one attached hydrogen (secondary N) is 2. The molecule has 3 heteroatoms. The number of hydrogen-bond acceptors (Lipinski definition) is 2. The third-order valence-corrected chi connectivity index (χ3v) is 4.19. The first kappa shape index (κ1) is 11.5. The summed E-state index contributed by atoms with van der Waals surface area (Å²) in [5, 5.41) is 12.0. The van der Waals surface area contributed by atoms with E-state index in [0.29, 0.717) is 6.04 Å². The predicted octanol–water partition coefficient (Wildman–Crippen LogP) is 3.97. The van der Waals surface area contributed by atoms with Crippen LogP contribution in [-0.2, 0) is 6.42 Å². The maximum Gasteiger partial charge on any atom is 0.0881 e. The summed E-state index contributed by atoms with van der Waals surface area (Å²) >= 11 is 0. The molecule has 0 amide bonds. The molecule has 0 saturated carbocycles. The fraction of sp³-hybridized carbons (Fsp3) is 0.235. The van der Waals surface area contributed by atoms with Gasteiger partial charge in [-0.3, -0.25) is 5.10 Å². The Morgan fingerprint density at radius 2 is 2.20 bits per heavy atom. The Kier molecular flexibility index (Phi) is 2.52. The van der Waals surface area contributed by atoms with E-state index in [2.05, 4.69) is 58.8 Å². The molecule has 100 valence electrons. The molecule has 2 N–H and O–H groups in total. The smallest absolute Gasteiger partial charge is 0.0881 e. The van der Waals surface area contributed by atoms with Gasteiger partial charge in [-0.2, -0.15) is 5.10 Å². The van der Waals surface area contributed by atoms with E-state index in [1.807, 2.05) is 6.20 Å². The zero-order chi connectivity index (χ0) is 13.5. The standard InChI is InChI=1S/C17H17N3/c1-11-5-6-12-7-8-15(14(12)9-11)19-16-4-2-3-13-10-18-20-17(13)16/h2-6,9-10,15,19H,7-8H2,1H3,(H,18,20). The number of benzene rings is 2. The molecule has 3 aromatic rings. The van der Waals surface area contributed by atoms with E-state index < -0.39 is 0 Å². The van der Waals surface area contributed by atoms with E-state index in [1.165, 1.54) is 16.7 Å². The third-order valence-electron chi connectivity index (χ3n) is 4.19. The summed E-state index contributed by atoms with van der Waals surface area (Å²) in [4.78, 5) is 0. The summed E-state index contributed by atoms with van der Waals surface area (Å²) in [5.41, 5.74) is 6.48. The number of aryl methyl sites for hydroxylation is 2. The summed E-state index contributed by atoms with van der Waals surface area (Å²) < 4.78 is 0. The third kappa shape index (κ3) is 1.78. The summed E-state index contributed by atoms with van der Waals surface area (Å²) in [6.07, 6.45) is 4.18. The van der Waals surface area contributed by atoms with Crippen molar-refractivity contribution in [2.24, 2.45) is 0 Å². The molecule has 0 aliphatic heterocycles. The lowest BCUT2D eigenvalue weighted by Gasteiger charge is -2.16. The van der Waals surface area contributed by atoms with Crippen molar-refractivity contribution in [3.8, 4) is 0 Å². The Hall–Kier alpha value is -2.29. The van der Waals surface area contributed by atoms with Crippen molar-refractivity contribution in [1.29, 1.82) is 0 Å². The first-order valence-corrected chi connectivity index (χ1v) is 7.09. The molecule has 0 spiro atoms. The minimum absolute atomic E-state index is 0.402.